The second kappa shape index (κ2) is 8.78. The zero-order valence-corrected chi connectivity index (χ0v) is 16.3. The van der Waals surface area contributed by atoms with Crippen LogP contribution in [0.1, 0.15) is 37.0 Å². The molecule has 1 aromatic carbocycles. The zero-order valence-electron chi connectivity index (χ0n) is 15.4. The lowest BCUT2D eigenvalue weighted by Gasteiger charge is -2.32. The molecule has 0 N–H and O–H groups in total. The normalized spacial score (nSPS) is 16.4. The van der Waals surface area contributed by atoms with E-state index in [-0.39, 0.29) is 10.8 Å². The maximum Gasteiger partial charge on any atom is 0.253 e. The summed E-state index contributed by atoms with van der Waals surface area (Å²) in [4.78, 5) is 16.8. The predicted molar refractivity (Wildman–Crippen MR) is 99.2 cm³/mol. The van der Waals surface area contributed by atoms with E-state index in [9.17, 15) is 13.2 Å². The molecule has 0 aliphatic carbocycles. The summed E-state index contributed by atoms with van der Waals surface area (Å²) in [5.41, 5.74) is 0.543. The Morgan fingerprint density at radius 2 is 1.52 bits per heavy atom. The van der Waals surface area contributed by atoms with Crippen molar-refractivity contribution in [3.8, 4) is 0 Å². The first-order chi connectivity index (χ1) is 11.9. The third kappa shape index (κ3) is 4.80. The Hall–Kier alpha value is -1.44. The number of benzene rings is 1. The van der Waals surface area contributed by atoms with Crippen LogP contribution in [0.3, 0.4) is 0 Å². The summed E-state index contributed by atoms with van der Waals surface area (Å²) in [7, 11) is -1.46. The van der Waals surface area contributed by atoms with E-state index < -0.39 is 10.0 Å². The summed E-state index contributed by atoms with van der Waals surface area (Å²) in [6, 6.07) is 6.36. The number of amides is 1. The summed E-state index contributed by atoms with van der Waals surface area (Å²) in [5.74, 6) is -0.0315. The van der Waals surface area contributed by atoms with E-state index >= 15 is 0 Å². The van der Waals surface area contributed by atoms with E-state index in [0.717, 1.165) is 25.9 Å². The van der Waals surface area contributed by atoms with Crippen molar-refractivity contribution in [2.75, 3.05) is 46.3 Å². The molecule has 1 heterocycles. The highest BCUT2D eigenvalue weighted by Gasteiger charge is 2.24. The van der Waals surface area contributed by atoms with Crippen molar-refractivity contribution in [2.24, 2.45) is 0 Å². The standard InChI is InChI=1S/C18H29N3O3S/c1-4-10-21(11-5-2)25(23,24)17-8-6-16(7-9-17)18(22)20-14-12-19(3)13-15-20/h6-9H,4-5,10-15H2,1-3H3. The molecule has 2 rings (SSSR count). The van der Waals surface area contributed by atoms with Gasteiger partial charge in [0.1, 0.15) is 0 Å². The second-order valence-corrected chi connectivity index (χ2v) is 8.46. The molecule has 1 saturated heterocycles. The van der Waals surface area contributed by atoms with Crippen molar-refractivity contribution < 1.29 is 13.2 Å². The lowest BCUT2D eigenvalue weighted by molar-refractivity contribution is 0.0664. The highest BCUT2D eigenvalue weighted by Crippen LogP contribution is 2.18. The highest BCUT2D eigenvalue weighted by atomic mass is 32.2. The molecule has 0 unspecified atom stereocenters. The van der Waals surface area contributed by atoms with Crippen LogP contribution in [-0.4, -0.2) is 74.7 Å². The molecule has 1 aliphatic rings. The van der Waals surface area contributed by atoms with Crippen molar-refractivity contribution >= 4 is 15.9 Å². The Bertz CT molecular complexity index is 659. The minimum atomic E-state index is -3.50. The van der Waals surface area contributed by atoms with Gasteiger partial charge in [-0.05, 0) is 44.2 Å². The molecule has 0 saturated carbocycles. The average Bonchev–Trinajstić information content (AvgIpc) is 2.61. The number of carbonyl (C=O) groups excluding carboxylic acids is 1. The molecule has 0 radical (unpaired) electrons. The largest absolute Gasteiger partial charge is 0.336 e. The first kappa shape index (κ1) is 19.9. The molecule has 1 aliphatic heterocycles. The molecule has 0 spiro atoms. The number of rotatable bonds is 7. The fourth-order valence-electron chi connectivity index (χ4n) is 2.96. The molecule has 0 bridgehead atoms. The fraction of sp³-hybridized carbons (Fsp3) is 0.611. The van der Waals surface area contributed by atoms with Gasteiger partial charge in [0.05, 0.1) is 4.90 Å². The number of nitrogens with zero attached hydrogens (tertiary/aromatic N) is 3. The van der Waals surface area contributed by atoms with Crippen LogP contribution >= 0.6 is 0 Å². The third-order valence-corrected chi connectivity index (χ3v) is 6.39. The number of likely N-dealkylation sites (N-methyl/N-ethyl adjacent to an activating group) is 1. The van der Waals surface area contributed by atoms with Crippen molar-refractivity contribution in [1.82, 2.24) is 14.1 Å². The Balaban J connectivity index is 2.14. The number of hydrogen-bond acceptors (Lipinski definition) is 4. The fourth-order valence-corrected chi connectivity index (χ4v) is 4.59. The topological polar surface area (TPSA) is 60.9 Å². The van der Waals surface area contributed by atoms with Gasteiger partial charge in [-0.15, -0.1) is 0 Å². The number of piperazine rings is 1. The van der Waals surface area contributed by atoms with Crippen LogP contribution < -0.4 is 0 Å². The molecule has 1 fully saturated rings. The van der Waals surface area contributed by atoms with Gasteiger partial charge >= 0.3 is 0 Å². The number of carbonyl (C=O) groups is 1. The van der Waals surface area contributed by atoms with Gasteiger partial charge in [-0.3, -0.25) is 4.79 Å². The number of sulfonamides is 1. The van der Waals surface area contributed by atoms with E-state index in [1.165, 1.54) is 4.31 Å². The molecule has 0 aromatic heterocycles. The maximum absolute atomic E-state index is 12.8. The molecule has 1 amide bonds. The molecule has 1 aromatic rings. The summed E-state index contributed by atoms with van der Waals surface area (Å²) < 4.78 is 27.0. The summed E-state index contributed by atoms with van der Waals surface area (Å²) in [6.45, 7) is 8.09. The SMILES string of the molecule is CCCN(CCC)S(=O)(=O)c1ccc(C(=O)N2CCN(C)CC2)cc1. The van der Waals surface area contributed by atoms with E-state index in [1.54, 1.807) is 24.3 Å². The van der Waals surface area contributed by atoms with Crippen LogP contribution in [0.15, 0.2) is 29.2 Å². The van der Waals surface area contributed by atoms with Crippen molar-refractivity contribution in [3.63, 3.8) is 0 Å². The Morgan fingerprint density at radius 3 is 2.00 bits per heavy atom. The van der Waals surface area contributed by atoms with Gasteiger partial charge in [-0.25, -0.2) is 8.42 Å². The van der Waals surface area contributed by atoms with E-state index in [4.69, 9.17) is 0 Å². The zero-order chi connectivity index (χ0) is 18.4. The quantitative estimate of drug-likeness (QED) is 0.738. The van der Waals surface area contributed by atoms with E-state index in [2.05, 4.69) is 4.90 Å². The number of hydrogen-bond donors (Lipinski definition) is 0. The Morgan fingerprint density at radius 1 is 1.00 bits per heavy atom. The van der Waals surface area contributed by atoms with Gasteiger partial charge in [0, 0.05) is 44.8 Å². The van der Waals surface area contributed by atoms with Crippen LogP contribution in [0, 0.1) is 0 Å². The Labute approximate surface area is 151 Å². The summed E-state index contributed by atoms with van der Waals surface area (Å²) >= 11 is 0. The van der Waals surface area contributed by atoms with E-state index in [0.29, 0.717) is 31.7 Å². The molecule has 0 atom stereocenters. The van der Waals surface area contributed by atoms with Gasteiger partial charge in [0.15, 0.2) is 0 Å². The maximum atomic E-state index is 12.8. The van der Waals surface area contributed by atoms with Gasteiger partial charge in [0.2, 0.25) is 10.0 Å². The van der Waals surface area contributed by atoms with Crippen LogP contribution in [0.5, 0.6) is 0 Å². The lowest BCUT2D eigenvalue weighted by Crippen LogP contribution is -2.47. The highest BCUT2D eigenvalue weighted by molar-refractivity contribution is 7.89. The van der Waals surface area contributed by atoms with Crippen LogP contribution in [0.2, 0.25) is 0 Å². The van der Waals surface area contributed by atoms with Gasteiger partial charge in [-0.1, -0.05) is 13.8 Å². The molecular weight excluding hydrogens is 338 g/mol. The Kier molecular flexibility index (Phi) is 6.98. The minimum Gasteiger partial charge on any atom is -0.336 e. The van der Waals surface area contributed by atoms with Gasteiger partial charge in [0.25, 0.3) is 5.91 Å². The van der Waals surface area contributed by atoms with Crippen LogP contribution in [0.4, 0.5) is 0 Å². The average molecular weight is 368 g/mol. The van der Waals surface area contributed by atoms with Crippen molar-refractivity contribution in [2.45, 2.75) is 31.6 Å². The van der Waals surface area contributed by atoms with Crippen molar-refractivity contribution in [3.05, 3.63) is 29.8 Å². The van der Waals surface area contributed by atoms with Crippen molar-refractivity contribution in [1.29, 1.82) is 0 Å². The van der Waals surface area contributed by atoms with Crippen LogP contribution in [-0.2, 0) is 10.0 Å². The summed E-state index contributed by atoms with van der Waals surface area (Å²) in [6.07, 6.45) is 1.55. The second-order valence-electron chi connectivity index (χ2n) is 6.52. The monoisotopic (exact) mass is 367 g/mol. The van der Waals surface area contributed by atoms with Gasteiger partial charge in [-0.2, -0.15) is 4.31 Å². The first-order valence-electron chi connectivity index (χ1n) is 8.98. The van der Waals surface area contributed by atoms with E-state index in [1.807, 2.05) is 25.8 Å². The van der Waals surface area contributed by atoms with Gasteiger partial charge < -0.3 is 9.80 Å². The third-order valence-electron chi connectivity index (χ3n) is 4.48. The molecular formula is C18H29N3O3S. The predicted octanol–water partition coefficient (Wildman–Crippen LogP) is 1.88. The summed E-state index contributed by atoms with van der Waals surface area (Å²) in [5, 5.41) is 0. The molecule has 7 heteroatoms. The molecule has 6 nitrogen and oxygen atoms in total. The molecule has 25 heavy (non-hydrogen) atoms. The lowest BCUT2D eigenvalue weighted by atomic mass is 10.2. The van der Waals surface area contributed by atoms with Crippen LogP contribution in [0.25, 0.3) is 0 Å². The minimum absolute atomic E-state index is 0.0315. The first-order valence-corrected chi connectivity index (χ1v) is 10.4. The smallest absolute Gasteiger partial charge is 0.253 e. The molecule has 140 valence electrons.